The average Bonchev–Trinajstić information content (AvgIpc) is 2.46. The zero-order valence-electron chi connectivity index (χ0n) is 11.2. The standard InChI is InChI=1S/C15H13F2NO3/c1-21-14-6-5-9(15(19)20)7-13(14)18-8-10-11(16)3-2-4-12(10)17/h2-7,18H,8H2,1H3,(H,19,20). The van der Waals surface area contributed by atoms with Gasteiger partial charge in [0.25, 0.3) is 0 Å². The van der Waals surface area contributed by atoms with E-state index in [0.29, 0.717) is 11.4 Å². The van der Waals surface area contributed by atoms with E-state index >= 15 is 0 Å². The van der Waals surface area contributed by atoms with Crippen LogP contribution >= 0.6 is 0 Å². The summed E-state index contributed by atoms with van der Waals surface area (Å²) in [6.07, 6.45) is 0. The molecular formula is C15H13F2NO3. The molecule has 0 radical (unpaired) electrons. The molecule has 6 heteroatoms. The van der Waals surface area contributed by atoms with E-state index < -0.39 is 17.6 Å². The summed E-state index contributed by atoms with van der Waals surface area (Å²) in [6, 6.07) is 7.80. The Hall–Kier alpha value is -2.63. The molecule has 0 amide bonds. The maximum absolute atomic E-state index is 13.5. The van der Waals surface area contributed by atoms with Crippen molar-refractivity contribution in [1.82, 2.24) is 0 Å². The lowest BCUT2D eigenvalue weighted by Gasteiger charge is -2.13. The Morgan fingerprint density at radius 3 is 2.48 bits per heavy atom. The van der Waals surface area contributed by atoms with Crippen molar-refractivity contribution in [2.75, 3.05) is 12.4 Å². The SMILES string of the molecule is COc1ccc(C(=O)O)cc1NCc1c(F)cccc1F. The molecule has 2 N–H and O–H groups in total. The first kappa shape index (κ1) is 14.8. The van der Waals surface area contributed by atoms with Gasteiger partial charge in [-0.25, -0.2) is 13.6 Å². The first-order chi connectivity index (χ1) is 10.0. The highest BCUT2D eigenvalue weighted by atomic mass is 19.1. The molecular weight excluding hydrogens is 280 g/mol. The average molecular weight is 293 g/mol. The first-order valence-electron chi connectivity index (χ1n) is 6.11. The lowest BCUT2D eigenvalue weighted by molar-refractivity contribution is 0.0697. The van der Waals surface area contributed by atoms with Crippen molar-refractivity contribution in [3.05, 3.63) is 59.2 Å². The number of carboxylic acid groups (broad SMARTS) is 1. The fraction of sp³-hybridized carbons (Fsp3) is 0.133. The van der Waals surface area contributed by atoms with Gasteiger partial charge in [0.1, 0.15) is 17.4 Å². The highest BCUT2D eigenvalue weighted by Gasteiger charge is 2.12. The molecule has 21 heavy (non-hydrogen) atoms. The van der Waals surface area contributed by atoms with Gasteiger partial charge in [0.15, 0.2) is 0 Å². The third kappa shape index (κ3) is 3.28. The van der Waals surface area contributed by atoms with Crippen LogP contribution in [0.5, 0.6) is 5.75 Å². The first-order valence-corrected chi connectivity index (χ1v) is 6.11. The van der Waals surface area contributed by atoms with Crippen LogP contribution in [-0.2, 0) is 6.54 Å². The fourth-order valence-corrected chi connectivity index (χ4v) is 1.86. The number of rotatable bonds is 5. The monoisotopic (exact) mass is 293 g/mol. The summed E-state index contributed by atoms with van der Waals surface area (Å²) in [7, 11) is 1.42. The molecule has 0 aliphatic heterocycles. The lowest BCUT2D eigenvalue weighted by atomic mass is 10.1. The van der Waals surface area contributed by atoms with E-state index in [9.17, 15) is 13.6 Å². The predicted octanol–water partition coefficient (Wildman–Crippen LogP) is 3.28. The van der Waals surface area contributed by atoms with Gasteiger partial charge >= 0.3 is 5.97 Å². The van der Waals surface area contributed by atoms with Crippen LogP contribution in [0.2, 0.25) is 0 Å². The molecule has 0 heterocycles. The maximum atomic E-state index is 13.5. The Morgan fingerprint density at radius 2 is 1.90 bits per heavy atom. The minimum Gasteiger partial charge on any atom is -0.495 e. The summed E-state index contributed by atoms with van der Waals surface area (Å²) in [6.45, 7) is -0.127. The van der Waals surface area contributed by atoms with Gasteiger partial charge in [-0.3, -0.25) is 0 Å². The summed E-state index contributed by atoms with van der Waals surface area (Å²) in [5.74, 6) is -2.05. The molecule has 0 saturated heterocycles. The Kier molecular flexibility index (Phi) is 4.37. The number of hydrogen-bond donors (Lipinski definition) is 2. The Morgan fingerprint density at radius 1 is 1.24 bits per heavy atom. The number of carboxylic acids is 1. The van der Waals surface area contributed by atoms with Crippen LogP contribution in [0.15, 0.2) is 36.4 Å². The lowest BCUT2D eigenvalue weighted by Crippen LogP contribution is -2.07. The van der Waals surface area contributed by atoms with Crippen molar-refractivity contribution in [3.8, 4) is 5.75 Å². The van der Waals surface area contributed by atoms with Gasteiger partial charge < -0.3 is 15.2 Å². The summed E-state index contributed by atoms with van der Waals surface area (Å²) in [5.41, 5.74) is 0.271. The molecule has 0 aromatic heterocycles. The van der Waals surface area contributed by atoms with Crippen molar-refractivity contribution in [3.63, 3.8) is 0 Å². The Labute approximate surface area is 120 Å². The number of nitrogens with one attached hydrogen (secondary N) is 1. The zero-order valence-corrected chi connectivity index (χ0v) is 11.2. The number of aromatic carboxylic acids is 1. The maximum Gasteiger partial charge on any atom is 0.335 e. The van der Waals surface area contributed by atoms with Crippen LogP contribution in [-0.4, -0.2) is 18.2 Å². The summed E-state index contributed by atoms with van der Waals surface area (Å²) in [4.78, 5) is 10.9. The van der Waals surface area contributed by atoms with Gasteiger partial charge in [-0.05, 0) is 30.3 Å². The van der Waals surface area contributed by atoms with Crippen molar-refractivity contribution >= 4 is 11.7 Å². The van der Waals surface area contributed by atoms with Crippen molar-refractivity contribution in [1.29, 1.82) is 0 Å². The molecule has 2 aromatic rings. The molecule has 4 nitrogen and oxygen atoms in total. The van der Waals surface area contributed by atoms with Crippen LogP contribution in [0, 0.1) is 11.6 Å². The second kappa shape index (κ2) is 6.21. The van der Waals surface area contributed by atoms with Crippen LogP contribution in [0.4, 0.5) is 14.5 Å². The van der Waals surface area contributed by atoms with E-state index in [2.05, 4.69) is 5.32 Å². The van der Waals surface area contributed by atoms with Gasteiger partial charge in [0.2, 0.25) is 0 Å². The number of methoxy groups -OCH3 is 1. The molecule has 0 aliphatic carbocycles. The number of ether oxygens (including phenoxy) is 1. The highest BCUT2D eigenvalue weighted by molar-refractivity contribution is 5.89. The van der Waals surface area contributed by atoms with E-state index in [0.717, 1.165) is 12.1 Å². The number of halogens is 2. The predicted molar refractivity (Wildman–Crippen MR) is 73.6 cm³/mol. The van der Waals surface area contributed by atoms with Gasteiger partial charge in [-0.1, -0.05) is 6.07 Å². The third-order valence-electron chi connectivity index (χ3n) is 2.96. The Bertz CT molecular complexity index is 654. The van der Waals surface area contributed by atoms with Crippen molar-refractivity contribution in [2.45, 2.75) is 6.54 Å². The van der Waals surface area contributed by atoms with E-state index in [4.69, 9.17) is 9.84 Å². The fourth-order valence-electron chi connectivity index (χ4n) is 1.86. The van der Waals surface area contributed by atoms with E-state index in [-0.39, 0.29) is 17.7 Å². The van der Waals surface area contributed by atoms with Crippen LogP contribution < -0.4 is 10.1 Å². The van der Waals surface area contributed by atoms with Crippen LogP contribution in [0.3, 0.4) is 0 Å². The van der Waals surface area contributed by atoms with E-state index in [1.165, 1.54) is 31.4 Å². The van der Waals surface area contributed by atoms with Crippen LogP contribution in [0.1, 0.15) is 15.9 Å². The van der Waals surface area contributed by atoms with Gasteiger partial charge in [0, 0.05) is 12.1 Å². The molecule has 0 spiro atoms. The molecule has 0 unspecified atom stereocenters. The van der Waals surface area contributed by atoms with Gasteiger partial charge in [-0.2, -0.15) is 0 Å². The molecule has 0 fully saturated rings. The van der Waals surface area contributed by atoms with Crippen molar-refractivity contribution < 1.29 is 23.4 Å². The Balaban J connectivity index is 2.26. The number of anilines is 1. The van der Waals surface area contributed by atoms with Crippen molar-refractivity contribution in [2.24, 2.45) is 0 Å². The number of benzene rings is 2. The quantitative estimate of drug-likeness (QED) is 0.888. The summed E-state index contributed by atoms with van der Waals surface area (Å²) < 4.78 is 32.2. The third-order valence-corrected chi connectivity index (χ3v) is 2.96. The smallest absolute Gasteiger partial charge is 0.335 e. The zero-order chi connectivity index (χ0) is 15.4. The summed E-state index contributed by atoms with van der Waals surface area (Å²) in [5, 5.41) is 11.7. The van der Waals surface area contributed by atoms with Gasteiger partial charge in [-0.15, -0.1) is 0 Å². The minimum atomic E-state index is -1.10. The van der Waals surface area contributed by atoms with E-state index in [1.54, 1.807) is 0 Å². The molecule has 110 valence electrons. The van der Waals surface area contributed by atoms with Gasteiger partial charge in [0.05, 0.1) is 18.4 Å². The molecule has 2 rings (SSSR count). The second-order valence-corrected chi connectivity index (χ2v) is 4.27. The normalized spacial score (nSPS) is 10.2. The number of hydrogen-bond acceptors (Lipinski definition) is 3. The topological polar surface area (TPSA) is 58.6 Å². The molecule has 2 aromatic carbocycles. The van der Waals surface area contributed by atoms with E-state index in [1.807, 2.05) is 0 Å². The molecule has 0 aliphatic rings. The molecule has 0 atom stereocenters. The number of carbonyl (C=O) groups is 1. The second-order valence-electron chi connectivity index (χ2n) is 4.27. The highest BCUT2D eigenvalue weighted by Crippen LogP contribution is 2.26. The van der Waals surface area contributed by atoms with Crippen LogP contribution in [0.25, 0.3) is 0 Å². The largest absolute Gasteiger partial charge is 0.495 e. The minimum absolute atomic E-state index is 0.0484. The molecule has 0 saturated carbocycles. The summed E-state index contributed by atoms with van der Waals surface area (Å²) >= 11 is 0. The molecule has 0 bridgehead atoms.